The van der Waals surface area contributed by atoms with Crippen LogP contribution in [0.5, 0.6) is 11.5 Å². The van der Waals surface area contributed by atoms with Gasteiger partial charge in [-0.1, -0.05) is 0 Å². The Morgan fingerprint density at radius 3 is 2.58 bits per heavy atom. The molecule has 0 spiro atoms. The van der Waals surface area contributed by atoms with E-state index in [0.717, 1.165) is 0 Å². The van der Waals surface area contributed by atoms with Crippen molar-refractivity contribution >= 4 is 5.97 Å². The van der Waals surface area contributed by atoms with Gasteiger partial charge in [0.2, 0.25) is 5.82 Å². The summed E-state index contributed by atoms with van der Waals surface area (Å²) >= 11 is 0. The standard InChI is InChI=1S/C13H14N2O4/c1-15-7-10(14-12(15)13(16)17)9-6-8(18-2)4-5-11(9)19-3/h4-7H,1-3H3,(H,16,17). The molecule has 100 valence electrons. The number of carbonyl (C=O) groups is 1. The van der Waals surface area contributed by atoms with Crippen molar-refractivity contribution in [2.45, 2.75) is 0 Å². The van der Waals surface area contributed by atoms with Crippen LogP contribution < -0.4 is 9.47 Å². The Morgan fingerprint density at radius 2 is 2.05 bits per heavy atom. The maximum atomic E-state index is 11.0. The third kappa shape index (κ3) is 2.37. The lowest BCUT2D eigenvalue weighted by Gasteiger charge is -2.08. The van der Waals surface area contributed by atoms with Gasteiger partial charge in [0.15, 0.2) is 0 Å². The summed E-state index contributed by atoms with van der Waals surface area (Å²) < 4.78 is 11.9. The minimum Gasteiger partial charge on any atom is -0.497 e. The first-order valence-corrected chi connectivity index (χ1v) is 5.56. The Hall–Kier alpha value is -2.50. The van der Waals surface area contributed by atoms with E-state index in [0.29, 0.717) is 22.8 Å². The molecule has 19 heavy (non-hydrogen) atoms. The first-order valence-electron chi connectivity index (χ1n) is 5.56. The number of hydrogen-bond donors (Lipinski definition) is 1. The van der Waals surface area contributed by atoms with Crippen molar-refractivity contribution in [1.29, 1.82) is 0 Å². The molecule has 0 aliphatic carbocycles. The van der Waals surface area contributed by atoms with Gasteiger partial charge in [-0.25, -0.2) is 9.78 Å². The summed E-state index contributed by atoms with van der Waals surface area (Å²) in [5.41, 5.74) is 1.21. The van der Waals surface area contributed by atoms with Gasteiger partial charge in [-0.05, 0) is 18.2 Å². The smallest absolute Gasteiger partial charge is 0.372 e. The Labute approximate surface area is 110 Å². The van der Waals surface area contributed by atoms with E-state index in [1.807, 2.05) is 0 Å². The van der Waals surface area contributed by atoms with Gasteiger partial charge < -0.3 is 19.1 Å². The number of methoxy groups -OCH3 is 2. The summed E-state index contributed by atoms with van der Waals surface area (Å²) in [5.74, 6) is 0.157. The Bertz CT molecular complexity index is 619. The van der Waals surface area contributed by atoms with Crippen LogP contribution in [0.4, 0.5) is 0 Å². The molecule has 0 amide bonds. The van der Waals surface area contributed by atoms with Crippen molar-refractivity contribution in [1.82, 2.24) is 9.55 Å². The highest BCUT2D eigenvalue weighted by Gasteiger charge is 2.16. The van der Waals surface area contributed by atoms with Crippen LogP contribution in [0.25, 0.3) is 11.3 Å². The van der Waals surface area contributed by atoms with Crippen LogP contribution in [0.1, 0.15) is 10.6 Å². The number of aromatic carboxylic acids is 1. The van der Waals surface area contributed by atoms with Crippen LogP contribution in [0.15, 0.2) is 24.4 Å². The second kappa shape index (κ2) is 5.01. The number of imidazole rings is 1. The van der Waals surface area contributed by atoms with Gasteiger partial charge >= 0.3 is 5.97 Å². The van der Waals surface area contributed by atoms with E-state index >= 15 is 0 Å². The predicted molar refractivity (Wildman–Crippen MR) is 68.7 cm³/mol. The van der Waals surface area contributed by atoms with Gasteiger partial charge in [0.25, 0.3) is 0 Å². The highest BCUT2D eigenvalue weighted by atomic mass is 16.5. The van der Waals surface area contributed by atoms with E-state index < -0.39 is 5.97 Å². The molecule has 0 unspecified atom stereocenters. The molecule has 1 aromatic heterocycles. The molecule has 0 radical (unpaired) electrons. The molecule has 6 nitrogen and oxygen atoms in total. The first-order chi connectivity index (χ1) is 9.06. The number of carboxylic acid groups (broad SMARTS) is 1. The normalized spacial score (nSPS) is 10.3. The summed E-state index contributed by atoms with van der Waals surface area (Å²) in [4.78, 5) is 15.1. The molecule has 2 aromatic rings. The molecule has 2 rings (SSSR count). The fourth-order valence-electron chi connectivity index (χ4n) is 1.81. The van der Waals surface area contributed by atoms with E-state index in [1.54, 1.807) is 45.7 Å². The molecule has 0 fully saturated rings. The zero-order valence-corrected chi connectivity index (χ0v) is 10.9. The van der Waals surface area contributed by atoms with E-state index in [9.17, 15) is 4.79 Å². The van der Waals surface area contributed by atoms with E-state index in [1.165, 1.54) is 4.57 Å². The summed E-state index contributed by atoms with van der Waals surface area (Å²) in [7, 11) is 4.74. The van der Waals surface area contributed by atoms with E-state index in [4.69, 9.17) is 14.6 Å². The van der Waals surface area contributed by atoms with Crippen LogP contribution in [-0.2, 0) is 7.05 Å². The van der Waals surface area contributed by atoms with Crippen molar-refractivity contribution in [3.05, 3.63) is 30.2 Å². The highest BCUT2D eigenvalue weighted by molar-refractivity contribution is 5.85. The minimum absolute atomic E-state index is 0.0279. The topological polar surface area (TPSA) is 73.6 Å². The lowest BCUT2D eigenvalue weighted by molar-refractivity contribution is 0.0680. The Kier molecular flexibility index (Phi) is 3.41. The highest BCUT2D eigenvalue weighted by Crippen LogP contribution is 2.32. The summed E-state index contributed by atoms with van der Waals surface area (Å²) in [5, 5.41) is 9.01. The molecule has 0 saturated carbocycles. The van der Waals surface area contributed by atoms with Gasteiger partial charge in [-0.3, -0.25) is 0 Å². The predicted octanol–water partition coefficient (Wildman–Crippen LogP) is 1.80. The Morgan fingerprint density at radius 1 is 1.32 bits per heavy atom. The maximum absolute atomic E-state index is 11.0. The molecular formula is C13H14N2O4. The third-order valence-corrected chi connectivity index (χ3v) is 2.75. The number of hydrogen-bond acceptors (Lipinski definition) is 4. The molecule has 0 aliphatic heterocycles. The number of aryl methyl sites for hydroxylation is 1. The molecule has 1 aromatic carbocycles. The quantitative estimate of drug-likeness (QED) is 0.909. The summed E-state index contributed by atoms with van der Waals surface area (Å²) in [6.45, 7) is 0. The SMILES string of the molecule is COc1ccc(OC)c(-c2cn(C)c(C(=O)O)n2)c1. The molecule has 6 heteroatoms. The molecule has 0 atom stereocenters. The largest absolute Gasteiger partial charge is 0.497 e. The van der Waals surface area contributed by atoms with Crippen molar-refractivity contribution in [3.8, 4) is 22.8 Å². The molecular weight excluding hydrogens is 248 g/mol. The van der Waals surface area contributed by atoms with Gasteiger partial charge in [0.1, 0.15) is 11.5 Å². The number of nitrogens with zero attached hydrogens (tertiary/aromatic N) is 2. The third-order valence-electron chi connectivity index (χ3n) is 2.75. The number of aromatic nitrogens is 2. The Balaban J connectivity index is 2.57. The zero-order chi connectivity index (χ0) is 14.0. The van der Waals surface area contributed by atoms with Crippen molar-refractivity contribution in [2.24, 2.45) is 7.05 Å². The second-order valence-electron chi connectivity index (χ2n) is 3.93. The summed E-state index contributed by atoms with van der Waals surface area (Å²) in [6.07, 6.45) is 1.64. The molecule has 1 heterocycles. The monoisotopic (exact) mass is 262 g/mol. The lowest BCUT2D eigenvalue weighted by Crippen LogP contribution is -2.05. The molecule has 0 saturated heterocycles. The molecule has 0 aliphatic rings. The van der Waals surface area contributed by atoms with Crippen LogP contribution in [0.2, 0.25) is 0 Å². The number of ether oxygens (including phenoxy) is 2. The number of rotatable bonds is 4. The zero-order valence-electron chi connectivity index (χ0n) is 10.9. The van der Waals surface area contributed by atoms with Crippen LogP contribution in [0, 0.1) is 0 Å². The first kappa shape index (κ1) is 12.9. The molecule has 0 bridgehead atoms. The van der Waals surface area contributed by atoms with Gasteiger partial charge in [0, 0.05) is 18.8 Å². The number of carboxylic acids is 1. The average Bonchev–Trinajstić information content (AvgIpc) is 2.80. The van der Waals surface area contributed by atoms with Crippen LogP contribution >= 0.6 is 0 Å². The van der Waals surface area contributed by atoms with E-state index in [2.05, 4.69) is 4.98 Å². The lowest BCUT2D eigenvalue weighted by atomic mass is 10.1. The summed E-state index contributed by atoms with van der Waals surface area (Å²) in [6, 6.07) is 5.28. The van der Waals surface area contributed by atoms with Crippen LogP contribution in [-0.4, -0.2) is 34.8 Å². The fraction of sp³-hybridized carbons (Fsp3) is 0.231. The van der Waals surface area contributed by atoms with Crippen molar-refractivity contribution in [2.75, 3.05) is 14.2 Å². The molecule has 1 N–H and O–H groups in total. The van der Waals surface area contributed by atoms with Gasteiger partial charge in [-0.2, -0.15) is 0 Å². The van der Waals surface area contributed by atoms with E-state index in [-0.39, 0.29) is 5.82 Å². The van der Waals surface area contributed by atoms with Crippen molar-refractivity contribution in [3.63, 3.8) is 0 Å². The minimum atomic E-state index is -1.07. The maximum Gasteiger partial charge on any atom is 0.372 e. The fourth-order valence-corrected chi connectivity index (χ4v) is 1.81. The average molecular weight is 262 g/mol. The van der Waals surface area contributed by atoms with Gasteiger partial charge in [-0.15, -0.1) is 0 Å². The van der Waals surface area contributed by atoms with Crippen LogP contribution in [0.3, 0.4) is 0 Å². The number of benzene rings is 1. The second-order valence-corrected chi connectivity index (χ2v) is 3.93. The van der Waals surface area contributed by atoms with Gasteiger partial charge in [0.05, 0.1) is 19.9 Å². The van der Waals surface area contributed by atoms with Crippen molar-refractivity contribution < 1.29 is 19.4 Å².